The van der Waals surface area contributed by atoms with Crippen molar-refractivity contribution in [2.24, 2.45) is 0 Å². The highest BCUT2D eigenvalue weighted by Gasteiger charge is 2.09. The maximum atomic E-state index is 12.1. The normalized spacial score (nSPS) is 9.70. The zero-order chi connectivity index (χ0) is 16.7. The Morgan fingerprint density at radius 3 is 2.65 bits per heavy atom. The molecule has 0 heterocycles. The van der Waals surface area contributed by atoms with Gasteiger partial charge >= 0.3 is 0 Å². The molecule has 2 aromatic carbocycles. The van der Waals surface area contributed by atoms with E-state index < -0.39 is 5.91 Å². The number of rotatable bonds is 5. The van der Waals surface area contributed by atoms with Crippen LogP contribution in [0, 0.1) is 11.3 Å². The SMILES string of the molecule is N#CCC(=O)Nc1ccccc1CNC(=O)c1cccc(O)c1. The van der Waals surface area contributed by atoms with Crippen LogP contribution in [0.15, 0.2) is 48.5 Å². The second-order valence-corrected chi connectivity index (χ2v) is 4.77. The van der Waals surface area contributed by atoms with E-state index in [1.54, 1.807) is 42.5 Å². The fourth-order valence-electron chi connectivity index (χ4n) is 1.99. The van der Waals surface area contributed by atoms with Crippen molar-refractivity contribution in [2.45, 2.75) is 13.0 Å². The molecule has 3 N–H and O–H groups in total. The van der Waals surface area contributed by atoms with Crippen LogP contribution in [0.4, 0.5) is 5.69 Å². The Kier molecular flexibility index (Phi) is 5.31. The summed E-state index contributed by atoms with van der Waals surface area (Å²) in [6.07, 6.45) is -0.232. The first kappa shape index (κ1) is 16.0. The van der Waals surface area contributed by atoms with Crippen molar-refractivity contribution in [1.29, 1.82) is 5.26 Å². The van der Waals surface area contributed by atoms with E-state index in [0.29, 0.717) is 16.8 Å². The molecule has 0 saturated heterocycles. The number of para-hydroxylation sites is 1. The van der Waals surface area contributed by atoms with Gasteiger partial charge in [0.25, 0.3) is 5.91 Å². The van der Waals surface area contributed by atoms with E-state index >= 15 is 0 Å². The van der Waals surface area contributed by atoms with Gasteiger partial charge in [-0.2, -0.15) is 5.26 Å². The van der Waals surface area contributed by atoms with Crippen molar-refractivity contribution >= 4 is 17.5 Å². The van der Waals surface area contributed by atoms with Crippen molar-refractivity contribution in [3.05, 3.63) is 59.7 Å². The topological polar surface area (TPSA) is 102 Å². The first-order valence-corrected chi connectivity index (χ1v) is 6.92. The van der Waals surface area contributed by atoms with Crippen LogP contribution in [0.2, 0.25) is 0 Å². The summed E-state index contributed by atoms with van der Waals surface area (Å²) in [6.45, 7) is 0.206. The molecule has 2 rings (SSSR count). The molecule has 0 radical (unpaired) electrons. The number of amides is 2. The van der Waals surface area contributed by atoms with Gasteiger partial charge in [-0.05, 0) is 29.8 Å². The van der Waals surface area contributed by atoms with Crippen molar-refractivity contribution < 1.29 is 14.7 Å². The van der Waals surface area contributed by atoms with Gasteiger partial charge in [0.2, 0.25) is 5.91 Å². The monoisotopic (exact) mass is 309 g/mol. The Hall–Kier alpha value is -3.33. The van der Waals surface area contributed by atoms with E-state index in [4.69, 9.17) is 5.26 Å². The third-order valence-electron chi connectivity index (χ3n) is 3.08. The third kappa shape index (κ3) is 4.58. The van der Waals surface area contributed by atoms with Gasteiger partial charge in [-0.3, -0.25) is 9.59 Å². The van der Waals surface area contributed by atoms with Crippen LogP contribution in [0.5, 0.6) is 5.75 Å². The van der Waals surface area contributed by atoms with Gasteiger partial charge in [-0.15, -0.1) is 0 Å². The summed E-state index contributed by atoms with van der Waals surface area (Å²) in [4.78, 5) is 23.6. The molecular weight excluding hydrogens is 294 g/mol. The van der Waals surface area contributed by atoms with Crippen LogP contribution in [0.1, 0.15) is 22.3 Å². The summed E-state index contributed by atoms with van der Waals surface area (Å²) >= 11 is 0. The summed E-state index contributed by atoms with van der Waals surface area (Å²) < 4.78 is 0. The van der Waals surface area contributed by atoms with Crippen LogP contribution in [0.3, 0.4) is 0 Å². The van der Waals surface area contributed by atoms with Crippen LogP contribution in [-0.2, 0) is 11.3 Å². The molecule has 0 aliphatic rings. The molecule has 0 saturated carbocycles. The Labute approximate surface area is 133 Å². The number of hydrogen-bond acceptors (Lipinski definition) is 4. The fraction of sp³-hybridized carbons (Fsp3) is 0.118. The smallest absolute Gasteiger partial charge is 0.251 e. The Morgan fingerprint density at radius 2 is 1.91 bits per heavy atom. The standard InChI is InChI=1S/C17H15N3O3/c18-9-8-16(22)20-15-7-2-1-4-13(15)11-19-17(23)12-5-3-6-14(21)10-12/h1-7,10,21H,8,11H2,(H,19,23)(H,20,22). The quantitative estimate of drug-likeness (QED) is 0.787. The number of carbonyl (C=O) groups is 2. The number of anilines is 1. The predicted molar refractivity (Wildman–Crippen MR) is 84.6 cm³/mol. The number of aromatic hydroxyl groups is 1. The lowest BCUT2D eigenvalue weighted by atomic mass is 10.1. The van der Waals surface area contributed by atoms with Gasteiger partial charge in [0.15, 0.2) is 0 Å². The molecule has 23 heavy (non-hydrogen) atoms. The van der Waals surface area contributed by atoms with E-state index in [9.17, 15) is 14.7 Å². The summed E-state index contributed by atoms with van der Waals surface area (Å²) in [5, 5.41) is 23.3. The first-order valence-electron chi connectivity index (χ1n) is 6.92. The lowest BCUT2D eigenvalue weighted by Crippen LogP contribution is -2.23. The molecule has 0 aliphatic carbocycles. The molecule has 0 spiro atoms. The Balaban J connectivity index is 2.04. The van der Waals surface area contributed by atoms with Gasteiger partial charge < -0.3 is 15.7 Å². The van der Waals surface area contributed by atoms with Gasteiger partial charge in [-0.25, -0.2) is 0 Å². The average Bonchev–Trinajstić information content (AvgIpc) is 2.54. The number of nitriles is 1. The zero-order valence-corrected chi connectivity index (χ0v) is 12.2. The molecular formula is C17H15N3O3. The average molecular weight is 309 g/mol. The highest BCUT2D eigenvalue weighted by Crippen LogP contribution is 2.16. The van der Waals surface area contributed by atoms with Gasteiger partial charge in [0, 0.05) is 17.8 Å². The van der Waals surface area contributed by atoms with Crippen LogP contribution in [-0.4, -0.2) is 16.9 Å². The number of nitrogens with zero attached hydrogens (tertiary/aromatic N) is 1. The van der Waals surface area contributed by atoms with Gasteiger partial charge in [0.05, 0.1) is 6.07 Å². The second-order valence-electron chi connectivity index (χ2n) is 4.77. The van der Waals surface area contributed by atoms with E-state index in [-0.39, 0.29) is 24.6 Å². The van der Waals surface area contributed by atoms with E-state index in [1.807, 2.05) is 0 Å². The highest BCUT2D eigenvalue weighted by atomic mass is 16.3. The predicted octanol–water partition coefficient (Wildman–Crippen LogP) is 2.17. The van der Waals surface area contributed by atoms with Crippen LogP contribution < -0.4 is 10.6 Å². The number of phenols is 1. The summed E-state index contributed by atoms with van der Waals surface area (Å²) in [5.41, 5.74) is 1.60. The molecule has 0 unspecified atom stereocenters. The molecule has 0 fully saturated rings. The zero-order valence-electron chi connectivity index (χ0n) is 12.2. The minimum Gasteiger partial charge on any atom is -0.508 e. The largest absolute Gasteiger partial charge is 0.508 e. The molecule has 6 nitrogen and oxygen atoms in total. The number of hydrogen-bond donors (Lipinski definition) is 3. The second kappa shape index (κ2) is 7.61. The van der Waals surface area contributed by atoms with Crippen molar-refractivity contribution in [3.8, 4) is 11.8 Å². The number of nitrogens with one attached hydrogen (secondary N) is 2. The van der Waals surface area contributed by atoms with Crippen molar-refractivity contribution in [1.82, 2.24) is 5.32 Å². The number of carbonyl (C=O) groups excluding carboxylic acids is 2. The minimum atomic E-state index is -0.403. The van der Waals surface area contributed by atoms with E-state index in [1.165, 1.54) is 12.1 Å². The highest BCUT2D eigenvalue weighted by molar-refractivity contribution is 5.95. The molecule has 116 valence electrons. The van der Waals surface area contributed by atoms with E-state index in [2.05, 4.69) is 10.6 Å². The van der Waals surface area contributed by atoms with Crippen LogP contribution >= 0.6 is 0 Å². The summed E-state index contributed by atoms with van der Waals surface area (Å²) in [6, 6.07) is 14.8. The van der Waals surface area contributed by atoms with E-state index in [0.717, 1.165) is 0 Å². The fourth-order valence-corrected chi connectivity index (χ4v) is 1.99. The van der Waals surface area contributed by atoms with Gasteiger partial charge in [0.1, 0.15) is 12.2 Å². The van der Waals surface area contributed by atoms with Crippen LogP contribution in [0.25, 0.3) is 0 Å². The maximum absolute atomic E-state index is 12.1. The lowest BCUT2D eigenvalue weighted by molar-refractivity contribution is -0.115. The number of benzene rings is 2. The minimum absolute atomic E-state index is 0.0156. The number of phenolic OH excluding ortho intramolecular Hbond substituents is 1. The molecule has 2 amide bonds. The lowest BCUT2D eigenvalue weighted by Gasteiger charge is -2.11. The summed E-state index contributed by atoms with van der Waals surface area (Å²) in [5.74, 6) is -0.722. The third-order valence-corrected chi connectivity index (χ3v) is 3.08. The Bertz CT molecular complexity index is 766. The van der Waals surface area contributed by atoms with Gasteiger partial charge in [-0.1, -0.05) is 24.3 Å². The molecule has 0 atom stereocenters. The van der Waals surface area contributed by atoms with Crippen molar-refractivity contribution in [2.75, 3.05) is 5.32 Å². The molecule has 0 aliphatic heterocycles. The molecule has 0 aromatic heterocycles. The molecule has 2 aromatic rings. The maximum Gasteiger partial charge on any atom is 0.251 e. The van der Waals surface area contributed by atoms with Crippen molar-refractivity contribution in [3.63, 3.8) is 0 Å². The first-order chi connectivity index (χ1) is 11.1. The summed E-state index contributed by atoms with van der Waals surface area (Å²) in [7, 11) is 0. The molecule has 6 heteroatoms. The Morgan fingerprint density at radius 1 is 1.13 bits per heavy atom. The molecule has 0 bridgehead atoms.